The molecule has 0 aliphatic heterocycles. The minimum Gasteiger partial charge on any atom is -0.382 e. The molecule has 0 spiro atoms. The Hall–Kier alpha value is -2.67. The van der Waals surface area contributed by atoms with Crippen molar-refractivity contribution in [1.29, 1.82) is 10.5 Å². The van der Waals surface area contributed by atoms with Gasteiger partial charge in [-0.2, -0.15) is 10.5 Å². The number of benzene rings is 1. The molecular weight excluding hydrogens is 334 g/mol. The first-order valence-electron chi connectivity index (χ1n) is 8.01. The molecule has 0 amide bonds. The summed E-state index contributed by atoms with van der Waals surface area (Å²) in [5, 5.41) is 18.4. The molecule has 2 rings (SSSR count). The zero-order valence-corrected chi connectivity index (χ0v) is 15.1. The highest BCUT2D eigenvalue weighted by atomic mass is 32.1. The highest BCUT2D eigenvalue weighted by molar-refractivity contribution is 7.07. The predicted molar refractivity (Wildman–Crippen MR) is 98.3 cm³/mol. The van der Waals surface area contributed by atoms with Gasteiger partial charge in [-0.15, -0.1) is 11.3 Å². The van der Waals surface area contributed by atoms with E-state index in [4.69, 9.17) is 4.74 Å². The Kier molecular flexibility index (Phi) is 6.71. The maximum absolute atomic E-state index is 12.7. The number of rotatable bonds is 6. The van der Waals surface area contributed by atoms with Crippen molar-refractivity contribution < 1.29 is 4.74 Å². The standard InChI is InChI=1S/C19H19N3O2S/c1-3-24-10-4-9-22-18(23)17(25-19(22)16(12-20)13-21)11-15-7-5-14(2)6-8-15/h5-8,11H,3-4,9-10H2,1-2H3/b17-11+. The van der Waals surface area contributed by atoms with Gasteiger partial charge in [-0.05, 0) is 31.9 Å². The van der Waals surface area contributed by atoms with Gasteiger partial charge in [0.1, 0.15) is 16.8 Å². The zero-order chi connectivity index (χ0) is 18.2. The fourth-order valence-electron chi connectivity index (χ4n) is 2.31. The fourth-order valence-corrected chi connectivity index (χ4v) is 3.39. The van der Waals surface area contributed by atoms with Crippen molar-refractivity contribution in [3.8, 4) is 12.1 Å². The van der Waals surface area contributed by atoms with E-state index in [1.54, 1.807) is 6.08 Å². The van der Waals surface area contributed by atoms with Crippen LogP contribution < -0.4 is 14.8 Å². The lowest BCUT2D eigenvalue weighted by molar-refractivity contribution is 0.141. The van der Waals surface area contributed by atoms with Crippen LogP contribution in [0.4, 0.5) is 0 Å². The van der Waals surface area contributed by atoms with E-state index in [1.807, 2.05) is 50.3 Å². The van der Waals surface area contributed by atoms with E-state index in [-0.39, 0.29) is 11.1 Å². The average molecular weight is 353 g/mol. The van der Waals surface area contributed by atoms with Gasteiger partial charge >= 0.3 is 0 Å². The molecular formula is C19H19N3O2S. The molecule has 6 heteroatoms. The van der Waals surface area contributed by atoms with Gasteiger partial charge < -0.3 is 4.74 Å². The summed E-state index contributed by atoms with van der Waals surface area (Å²) in [5.74, 6) is 0. The van der Waals surface area contributed by atoms with Crippen molar-refractivity contribution in [1.82, 2.24) is 4.57 Å². The Morgan fingerprint density at radius 1 is 1.28 bits per heavy atom. The molecule has 0 aliphatic carbocycles. The van der Waals surface area contributed by atoms with Crippen LogP contribution in [0.2, 0.25) is 0 Å². The van der Waals surface area contributed by atoms with Gasteiger partial charge in [-0.1, -0.05) is 29.8 Å². The Bertz CT molecular complexity index is 970. The maximum atomic E-state index is 12.7. The fraction of sp³-hybridized carbons (Fsp3) is 0.316. The first kappa shape index (κ1) is 18.7. The van der Waals surface area contributed by atoms with Crippen molar-refractivity contribution in [2.45, 2.75) is 26.8 Å². The molecule has 0 saturated heterocycles. The topological polar surface area (TPSA) is 78.8 Å². The van der Waals surface area contributed by atoms with Crippen LogP contribution in [-0.2, 0) is 11.3 Å². The summed E-state index contributed by atoms with van der Waals surface area (Å²) < 4.78 is 7.73. The van der Waals surface area contributed by atoms with Crippen molar-refractivity contribution in [3.05, 3.63) is 54.9 Å². The van der Waals surface area contributed by atoms with Crippen LogP contribution in [0.25, 0.3) is 11.6 Å². The number of hydrogen-bond acceptors (Lipinski definition) is 5. The van der Waals surface area contributed by atoms with Gasteiger partial charge in [-0.25, -0.2) is 0 Å². The summed E-state index contributed by atoms with van der Waals surface area (Å²) in [4.78, 5) is 12.7. The molecule has 1 aromatic heterocycles. The third-order valence-corrected chi connectivity index (χ3v) is 4.73. The molecule has 5 nitrogen and oxygen atoms in total. The highest BCUT2D eigenvalue weighted by Crippen LogP contribution is 2.03. The molecule has 0 saturated carbocycles. The third-order valence-electron chi connectivity index (χ3n) is 3.59. The number of nitrogens with zero attached hydrogens (tertiary/aromatic N) is 3. The average Bonchev–Trinajstić information content (AvgIpc) is 2.91. The van der Waals surface area contributed by atoms with Crippen molar-refractivity contribution in [2.24, 2.45) is 0 Å². The highest BCUT2D eigenvalue weighted by Gasteiger charge is 2.09. The largest absolute Gasteiger partial charge is 0.382 e. The van der Waals surface area contributed by atoms with Crippen molar-refractivity contribution in [2.75, 3.05) is 13.2 Å². The van der Waals surface area contributed by atoms with Crippen molar-refractivity contribution >= 4 is 23.0 Å². The SMILES string of the molecule is CCOCCCn1c(=C(C#N)C#N)s/c(=C/c2ccc(C)cc2)c1=O. The monoisotopic (exact) mass is 353 g/mol. The number of aryl methyl sites for hydroxylation is 1. The molecule has 0 N–H and O–H groups in total. The minimum atomic E-state index is -0.180. The molecule has 0 radical (unpaired) electrons. The summed E-state index contributed by atoms with van der Waals surface area (Å²) in [6.07, 6.45) is 2.44. The van der Waals surface area contributed by atoms with E-state index >= 15 is 0 Å². The zero-order valence-electron chi connectivity index (χ0n) is 14.3. The summed E-state index contributed by atoms with van der Waals surface area (Å²) in [5.41, 5.74) is 1.83. The number of nitriles is 2. The van der Waals surface area contributed by atoms with E-state index < -0.39 is 0 Å². The van der Waals surface area contributed by atoms with Crippen LogP contribution in [0.15, 0.2) is 29.1 Å². The number of aromatic nitrogens is 1. The smallest absolute Gasteiger partial charge is 0.269 e. The third kappa shape index (κ3) is 4.67. The molecule has 0 bridgehead atoms. The second-order valence-corrected chi connectivity index (χ2v) is 6.46. The summed E-state index contributed by atoms with van der Waals surface area (Å²) >= 11 is 1.18. The number of ether oxygens (including phenoxy) is 1. The molecule has 1 aromatic carbocycles. The van der Waals surface area contributed by atoms with Crippen molar-refractivity contribution in [3.63, 3.8) is 0 Å². The Labute approximate surface area is 150 Å². The molecule has 0 unspecified atom stereocenters. The van der Waals surface area contributed by atoms with Gasteiger partial charge in [0.2, 0.25) is 0 Å². The molecule has 0 aliphatic rings. The first-order valence-corrected chi connectivity index (χ1v) is 8.82. The summed E-state index contributed by atoms with van der Waals surface area (Å²) in [6.45, 7) is 5.47. The van der Waals surface area contributed by atoms with E-state index in [0.717, 1.165) is 11.1 Å². The van der Waals surface area contributed by atoms with Crippen LogP contribution in [0.5, 0.6) is 0 Å². The summed E-state index contributed by atoms with van der Waals surface area (Å²) in [6, 6.07) is 11.6. The number of hydrogen-bond donors (Lipinski definition) is 0. The van der Waals surface area contributed by atoms with Gasteiger partial charge in [0.25, 0.3) is 5.56 Å². The Balaban J connectivity index is 2.55. The summed E-state index contributed by atoms with van der Waals surface area (Å²) in [7, 11) is 0. The second-order valence-electron chi connectivity index (χ2n) is 5.43. The lowest BCUT2D eigenvalue weighted by Crippen LogP contribution is -2.32. The molecule has 0 fully saturated rings. The molecule has 128 valence electrons. The van der Waals surface area contributed by atoms with Gasteiger partial charge in [-0.3, -0.25) is 9.36 Å². The van der Waals surface area contributed by atoms with E-state index in [0.29, 0.717) is 35.4 Å². The predicted octanol–water partition coefficient (Wildman–Crippen LogP) is 1.67. The molecule has 0 atom stereocenters. The lowest BCUT2D eigenvalue weighted by Gasteiger charge is -2.02. The Morgan fingerprint density at radius 3 is 2.56 bits per heavy atom. The quantitative estimate of drug-likeness (QED) is 0.740. The molecule has 1 heterocycles. The normalized spacial score (nSPS) is 11.1. The molecule has 2 aromatic rings. The van der Waals surface area contributed by atoms with Crippen LogP contribution in [0, 0.1) is 29.6 Å². The van der Waals surface area contributed by atoms with E-state index in [9.17, 15) is 15.3 Å². The minimum absolute atomic E-state index is 0.0398. The first-order chi connectivity index (χ1) is 12.1. The van der Waals surface area contributed by atoms with Gasteiger partial charge in [0.15, 0.2) is 5.57 Å². The van der Waals surface area contributed by atoms with Crippen LogP contribution in [0.3, 0.4) is 0 Å². The van der Waals surface area contributed by atoms with Gasteiger partial charge in [0, 0.05) is 19.8 Å². The van der Waals surface area contributed by atoms with Crippen LogP contribution in [0.1, 0.15) is 24.5 Å². The van der Waals surface area contributed by atoms with Crippen LogP contribution >= 0.6 is 11.3 Å². The number of thiazole rings is 1. The second kappa shape index (κ2) is 8.98. The van der Waals surface area contributed by atoms with Gasteiger partial charge in [0.05, 0.1) is 4.53 Å². The van der Waals surface area contributed by atoms with E-state index in [2.05, 4.69) is 0 Å². The lowest BCUT2D eigenvalue weighted by atomic mass is 10.1. The van der Waals surface area contributed by atoms with Crippen LogP contribution in [-0.4, -0.2) is 17.8 Å². The Morgan fingerprint density at radius 2 is 1.96 bits per heavy atom. The molecule has 25 heavy (non-hydrogen) atoms. The van der Waals surface area contributed by atoms with E-state index in [1.165, 1.54) is 15.9 Å². The maximum Gasteiger partial charge on any atom is 0.269 e.